The van der Waals surface area contributed by atoms with E-state index in [0.29, 0.717) is 49.4 Å². The van der Waals surface area contributed by atoms with Gasteiger partial charge in [-0.25, -0.2) is 13.8 Å². The van der Waals surface area contributed by atoms with Crippen molar-refractivity contribution in [3.63, 3.8) is 0 Å². The number of likely N-dealkylation sites (tertiary alicyclic amines) is 1. The van der Waals surface area contributed by atoms with E-state index in [0.717, 1.165) is 28.2 Å². The van der Waals surface area contributed by atoms with Gasteiger partial charge in [0.2, 0.25) is 0 Å². The minimum atomic E-state index is -0.631. The fraction of sp³-hybridized carbons (Fsp3) is 0.440. The lowest BCUT2D eigenvalue weighted by Crippen LogP contribution is -2.59. The van der Waals surface area contributed by atoms with E-state index in [9.17, 15) is 13.6 Å². The number of carbonyl (C=O) groups is 1. The second kappa shape index (κ2) is 9.68. The zero-order valence-electron chi connectivity index (χ0n) is 20.3. The number of rotatable bonds is 8. The number of halogens is 2. The molecule has 3 aromatic rings. The maximum Gasteiger partial charge on any atom is 0.272 e. The van der Waals surface area contributed by atoms with Crippen LogP contribution < -0.4 is 5.32 Å². The van der Waals surface area contributed by atoms with E-state index in [1.807, 2.05) is 34.0 Å². The van der Waals surface area contributed by atoms with E-state index in [2.05, 4.69) is 19.8 Å². The summed E-state index contributed by atoms with van der Waals surface area (Å²) in [6.45, 7) is 6.57. The average Bonchev–Trinajstić information content (AvgIpc) is 3.00. The van der Waals surface area contributed by atoms with Crippen molar-refractivity contribution < 1.29 is 18.3 Å². The van der Waals surface area contributed by atoms with Crippen molar-refractivity contribution in [3.8, 4) is 0 Å². The molecule has 2 aromatic heterocycles. The highest BCUT2D eigenvalue weighted by Gasteiger charge is 2.33. The number of fused-ring (bicyclic) bond motifs is 1. The third kappa shape index (κ3) is 4.50. The van der Waals surface area contributed by atoms with Crippen LogP contribution in [-0.2, 0) is 17.8 Å². The first kappa shape index (κ1) is 24.1. The summed E-state index contributed by atoms with van der Waals surface area (Å²) < 4.78 is 35.0. The SMILES string of the molecule is COCCn1c(C)c(C)c2cc(C(=O)N3CC(N(C)C)C3)nc(NCc3ccc(F)cc3F)c21. The van der Waals surface area contributed by atoms with Crippen molar-refractivity contribution >= 4 is 22.6 Å². The number of pyridine rings is 1. The molecule has 0 saturated carbocycles. The Bertz CT molecular complexity index is 1220. The molecule has 3 heterocycles. The quantitative estimate of drug-likeness (QED) is 0.544. The summed E-state index contributed by atoms with van der Waals surface area (Å²) in [5.74, 6) is -0.896. The zero-order valence-corrected chi connectivity index (χ0v) is 20.3. The van der Waals surface area contributed by atoms with E-state index in [-0.39, 0.29) is 12.5 Å². The van der Waals surface area contributed by atoms with Gasteiger partial charge in [-0.05, 0) is 45.6 Å². The van der Waals surface area contributed by atoms with E-state index in [1.54, 1.807) is 12.0 Å². The van der Waals surface area contributed by atoms with Crippen LogP contribution in [0.25, 0.3) is 10.9 Å². The molecule has 1 amide bonds. The standard InChI is InChI=1S/C25H31F2N5O2/c1-15-16(2)32(8-9-34-5)23-20(15)11-22(25(33)31-13-19(14-31)30(3)4)29-24(23)28-12-17-6-7-18(26)10-21(17)27/h6-7,10-11,19H,8-9,12-14H2,1-5H3,(H,28,29). The Balaban J connectivity index is 1.73. The maximum atomic E-state index is 14.3. The van der Waals surface area contributed by atoms with Crippen molar-refractivity contribution in [3.05, 3.63) is 58.4 Å². The number of ether oxygens (including phenoxy) is 1. The van der Waals surface area contributed by atoms with Gasteiger partial charge in [-0.1, -0.05) is 6.07 Å². The fourth-order valence-corrected chi connectivity index (χ4v) is 4.31. The Morgan fingerprint density at radius 2 is 1.97 bits per heavy atom. The molecule has 7 nitrogen and oxygen atoms in total. The number of benzene rings is 1. The largest absolute Gasteiger partial charge is 0.383 e. The molecule has 4 rings (SSSR count). The number of amides is 1. The summed E-state index contributed by atoms with van der Waals surface area (Å²) in [6, 6.07) is 5.68. The highest BCUT2D eigenvalue weighted by atomic mass is 19.1. The van der Waals surface area contributed by atoms with E-state index >= 15 is 0 Å². The number of anilines is 1. The highest BCUT2D eigenvalue weighted by Crippen LogP contribution is 2.32. The molecule has 1 aliphatic heterocycles. The summed E-state index contributed by atoms with van der Waals surface area (Å²) in [5.41, 5.74) is 3.59. The predicted molar refractivity (Wildman–Crippen MR) is 128 cm³/mol. The normalized spacial score (nSPS) is 14.2. The van der Waals surface area contributed by atoms with Crippen LogP contribution in [0.15, 0.2) is 24.3 Å². The third-order valence-electron chi connectivity index (χ3n) is 6.69. The molecule has 0 spiro atoms. The first-order valence-electron chi connectivity index (χ1n) is 11.3. The average molecular weight is 472 g/mol. The number of hydrogen-bond donors (Lipinski definition) is 1. The van der Waals surface area contributed by atoms with Crippen LogP contribution in [0.2, 0.25) is 0 Å². The van der Waals surface area contributed by atoms with Crippen molar-refractivity contribution in [1.29, 1.82) is 0 Å². The Labute approximate surface area is 198 Å². The number of carbonyl (C=O) groups excluding carboxylic acids is 1. The lowest BCUT2D eigenvalue weighted by atomic mass is 10.1. The van der Waals surface area contributed by atoms with Crippen LogP contribution in [-0.4, -0.2) is 72.2 Å². The van der Waals surface area contributed by atoms with E-state index < -0.39 is 11.6 Å². The lowest BCUT2D eigenvalue weighted by molar-refractivity contribution is 0.0394. The number of nitrogens with one attached hydrogen (secondary N) is 1. The number of aromatic nitrogens is 2. The molecule has 0 aliphatic carbocycles. The first-order chi connectivity index (χ1) is 16.2. The molecule has 1 fully saturated rings. The highest BCUT2D eigenvalue weighted by molar-refractivity contribution is 6.01. The van der Waals surface area contributed by atoms with Crippen LogP contribution >= 0.6 is 0 Å². The first-order valence-corrected chi connectivity index (χ1v) is 11.3. The van der Waals surface area contributed by atoms with Gasteiger partial charge < -0.3 is 24.4 Å². The molecule has 0 unspecified atom stereocenters. The summed E-state index contributed by atoms with van der Waals surface area (Å²) >= 11 is 0. The van der Waals surface area contributed by atoms with Crippen molar-refractivity contribution in [1.82, 2.24) is 19.4 Å². The molecule has 0 bridgehead atoms. The van der Waals surface area contributed by atoms with Gasteiger partial charge in [0.15, 0.2) is 5.82 Å². The van der Waals surface area contributed by atoms with Crippen molar-refractivity contribution in [2.24, 2.45) is 0 Å². The van der Waals surface area contributed by atoms with Crippen molar-refractivity contribution in [2.45, 2.75) is 33.0 Å². The summed E-state index contributed by atoms with van der Waals surface area (Å²) in [7, 11) is 5.65. The maximum absolute atomic E-state index is 14.3. The second-order valence-electron chi connectivity index (χ2n) is 9.02. The van der Waals surface area contributed by atoms with Crippen molar-refractivity contribution in [2.75, 3.05) is 46.2 Å². The molecule has 1 saturated heterocycles. The smallest absolute Gasteiger partial charge is 0.272 e. The number of likely N-dealkylation sites (N-methyl/N-ethyl adjacent to an activating group) is 1. The van der Waals surface area contributed by atoms with Gasteiger partial charge in [0.1, 0.15) is 17.3 Å². The molecule has 1 N–H and O–H groups in total. The van der Waals surface area contributed by atoms with Gasteiger partial charge in [-0.3, -0.25) is 4.79 Å². The van der Waals surface area contributed by atoms with Gasteiger partial charge in [-0.15, -0.1) is 0 Å². The number of hydrogen-bond acceptors (Lipinski definition) is 5. The monoisotopic (exact) mass is 471 g/mol. The molecule has 1 aromatic carbocycles. The molecule has 0 radical (unpaired) electrons. The molecule has 9 heteroatoms. The van der Waals surface area contributed by atoms with Gasteiger partial charge >= 0.3 is 0 Å². The van der Waals surface area contributed by atoms with Crippen LogP contribution in [0.4, 0.5) is 14.6 Å². The number of nitrogens with zero attached hydrogens (tertiary/aromatic N) is 4. The summed E-state index contributed by atoms with van der Waals surface area (Å²) in [4.78, 5) is 21.8. The Kier molecular flexibility index (Phi) is 6.86. The Morgan fingerprint density at radius 3 is 2.62 bits per heavy atom. The van der Waals surface area contributed by atoms with Gasteiger partial charge in [0.25, 0.3) is 5.91 Å². The second-order valence-corrected chi connectivity index (χ2v) is 9.02. The van der Waals surface area contributed by atoms with Crippen LogP contribution in [0.3, 0.4) is 0 Å². The zero-order chi connectivity index (χ0) is 24.6. The van der Waals surface area contributed by atoms with Gasteiger partial charge in [-0.2, -0.15) is 0 Å². The summed E-state index contributed by atoms with van der Waals surface area (Å²) in [6.07, 6.45) is 0. The van der Waals surface area contributed by atoms with E-state index in [1.165, 1.54) is 12.1 Å². The minimum absolute atomic E-state index is 0.103. The molecule has 34 heavy (non-hydrogen) atoms. The van der Waals surface area contributed by atoms with Crippen LogP contribution in [0.1, 0.15) is 27.3 Å². The fourth-order valence-electron chi connectivity index (χ4n) is 4.31. The molecular formula is C25H31F2N5O2. The van der Waals surface area contributed by atoms with Gasteiger partial charge in [0, 0.05) is 62.0 Å². The Hall–Kier alpha value is -3.04. The molecular weight excluding hydrogens is 440 g/mol. The van der Waals surface area contributed by atoms with Crippen LogP contribution in [0, 0.1) is 25.5 Å². The number of methoxy groups -OCH3 is 1. The molecule has 1 aliphatic rings. The van der Waals surface area contributed by atoms with Crippen LogP contribution in [0.5, 0.6) is 0 Å². The molecule has 182 valence electrons. The lowest BCUT2D eigenvalue weighted by Gasteiger charge is -2.42. The summed E-state index contributed by atoms with van der Waals surface area (Å²) in [5, 5.41) is 4.12. The predicted octanol–water partition coefficient (Wildman–Crippen LogP) is 3.58. The Morgan fingerprint density at radius 1 is 1.24 bits per heavy atom. The van der Waals surface area contributed by atoms with Gasteiger partial charge in [0.05, 0.1) is 12.1 Å². The third-order valence-corrected chi connectivity index (χ3v) is 6.69. The number of aryl methyl sites for hydroxylation is 1. The molecule has 0 atom stereocenters. The topological polar surface area (TPSA) is 62.6 Å². The minimum Gasteiger partial charge on any atom is -0.383 e. The van der Waals surface area contributed by atoms with E-state index in [4.69, 9.17) is 4.74 Å².